The van der Waals surface area contributed by atoms with Crippen molar-refractivity contribution >= 4 is 17.9 Å². The second kappa shape index (κ2) is 5.30. The normalized spacial score (nSPS) is 11.0. The van der Waals surface area contributed by atoms with Gasteiger partial charge in [0, 0.05) is 6.42 Å². The van der Waals surface area contributed by atoms with Crippen molar-refractivity contribution in [3.8, 4) is 0 Å². The molecule has 7 heteroatoms. The van der Waals surface area contributed by atoms with Crippen LogP contribution in [0.25, 0.3) is 0 Å². The molecule has 0 spiro atoms. The minimum Gasteiger partial charge on any atom is -0.481 e. The maximum atomic E-state index is 10.6. The Morgan fingerprint density at radius 3 is 1.80 bits per heavy atom. The van der Waals surface area contributed by atoms with Gasteiger partial charge in [-0.2, -0.15) is 0 Å². The van der Waals surface area contributed by atoms with Gasteiger partial charge in [0.15, 0.2) is 0 Å². The monoisotopic (exact) mass is 219 g/mol. The predicted octanol–water partition coefficient (Wildman–Crippen LogP) is -0.502. The van der Waals surface area contributed by atoms with Crippen molar-refractivity contribution in [1.82, 2.24) is 0 Å². The van der Waals surface area contributed by atoms with E-state index in [1.54, 1.807) is 0 Å². The molecule has 7 nitrogen and oxygen atoms in total. The van der Waals surface area contributed by atoms with E-state index in [9.17, 15) is 14.4 Å². The lowest BCUT2D eigenvalue weighted by Crippen LogP contribution is -2.54. The average Bonchev–Trinajstić information content (AvgIpc) is 2.10. The summed E-state index contributed by atoms with van der Waals surface area (Å²) in [6.45, 7) is 0. The van der Waals surface area contributed by atoms with Crippen molar-refractivity contribution < 1.29 is 29.7 Å². The second-order valence-electron chi connectivity index (χ2n) is 3.18. The molecule has 86 valence electrons. The zero-order valence-electron chi connectivity index (χ0n) is 7.97. The van der Waals surface area contributed by atoms with Crippen LogP contribution in [0.2, 0.25) is 0 Å². The van der Waals surface area contributed by atoms with Crippen LogP contribution < -0.4 is 5.73 Å². The molecule has 0 aromatic rings. The fourth-order valence-corrected chi connectivity index (χ4v) is 0.985. The number of hydrogen-bond donors (Lipinski definition) is 4. The Hall–Kier alpha value is -1.63. The Morgan fingerprint density at radius 1 is 1.00 bits per heavy atom. The largest absolute Gasteiger partial charge is 0.481 e. The molecule has 0 fully saturated rings. The van der Waals surface area contributed by atoms with Gasteiger partial charge >= 0.3 is 17.9 Å². The first-order valence-corrected chi connectivity index (χ1v) is 4.28. The number of carboxylic acid groups (broad SMARTS) is 3. The SMILES string of the molecule is NC(CCCCC(=O)O)(C(=O)O)C(=O)O. The first kappa shape index (κ1) is 13.4. The smallest absolute Gasteiger partial charge is 0.335 e. The Kier molecular flexibility index (Phi) is 4.72. The molecule has 0 heterocycles. The van der Waals surface area contributed by atoms with E-state index < -0.39 is 23.4 Å². The molecule has 0 atom stereocenters. The predicted molar refractivity (Wildman–Crippen MR) is 48.3 cm³/mol. The molecule has 15 heavy (non-hydrogen) atoms. The molecule has 0 aromatic heterocycles. The van der Waals surface area contributed by atoms with Gasteiger partial charge in [0.1, 0.15) is 0 Å². The van der Waals surface area contributed by atoms with E-state index in [0.29, 0.717) is 0 Å². The van der Waals surface area contributed by atoms with Gasteiger partial charge in [-0.25, -0.2) is 9.59 Å². The van der Waals surface area contributed by atoms with Crippen molar-refractivity contribution in [3.63, 3.8) is 0 Å². The highest BCUT2D eigenvalue weighted by Gasteiger charge is 2.41. The van der Waals surface area contributed by atoms with Crippen LogP contribution in [0.1, 0.15) is 25.7 Å². The van der Waals surface area contributed by atoms with Crippen molar-refractivity contribution in [1.29, 1.82) is 0 Å². The lowest BCUT2D eigenvalue weighted by atomic mass is 9.93. The van der Waals surface area contributed by atoms with Gasteiger partial charge in [-0.3, -0.25) is 4.79 Å². The van der Waals surface area contributed by atoms with Crippen LogP contribution in [0.3, 0.4) is 0 Å². The van der Waals surface area contributed by atoms with Gasteiger partial charge in [0.05, 0.1) is 0 Å². The summed E-state index contributed by atoms with van der Waals surface area (Å²) in [5.74, 6) is -4.25. The number of unbranched alkanes of at least 4 members (excludes halogenated alkanes) is 1. The number of nitrogens with two attached hydrogens (primary N) is 1. The number of rotatable bonds is 7. The fourth-order valence-electron chi connectivity index (χ4n) is 0.985. The standard InChI is InChI=1S/C8H13NO6/c9-8(6(12)13,7(14)15)4-2-1-3-5(10)11/h1-4,9H2,(H,10,11)(H,12,13)(H,14,15). The van der Waals surface area contributed by atoms with Crippen LogP contribution >= 0.6 is 0 Å². The van der Waals surface area contributed by atoms with E-state index in [2.05, 4.69) is 0 Å². The Balaban J connectivity index is 4.15. The summed E-state index contributed by atoms with van der Waals surface area (Å²) in [5.41, 5.74) is 2.83. The summed E-state index contributed by atoms with van der Waals surface area (Å²) < 4.78 is 0. The highest BCUT2D eigenvalue weighted by atomic mass is 16.4. The molecule has 0 rings (SSSR count). The number of carbonyl (C=O) groups is 3. The van der Waals surface area contributed by atoms with Crippen LogP contribution in [-0.2, 0) is 14.4 Å². The summed E-state index contributed by atoms with van der Waals surface area (Å²) in [7, 11) is 0. The minimum atomic E-state index is -2.32. The molecule has 0 unspecified atom stereocenters. The van der Waals surface area contributed by atoms with E-state index in [4.69, 9.17) is 21.1 Å². The van der Waals surface area contributed by atoms with Gasteiger partial charge in [-0.05, 0) is 19.3 Å². The summed E-state index contributed by atoms with van der Waals surface area (Å²) in [6.07, 6.45) is -0.0729. The molecule has 0 bridgehead atoms. The van der Waals surface area contributed by atoms with Gasteiger partial charge in [0.2, 0.25) is 5.54 Å². The summed E-state index contributed by atoms with van der Waals surface area (Å²) in [5, 5.41) is 25.5. The topological polar surface area (TPSA) is 138 Å². The minimum absolute atomic E-state index is 0.130. The molecular formula is C8H13NO6. The fraction of sp³-hybridized carbons (Fsp3) is 0.625. The van der Waals surface area contributed by atoms with Crippen LogP contribution in [-0.4, -0.2) is 38.8 Å². The lowest BCUT2D eigenvalue weighted by Gasteiger charge is -2.18. The van der Waals surface area contributed by atoms with Crippen molar-refractivity contribution in [2.45, 2.75) is 31.2 Å². The van der Waals surface area contributed by atoms with Crippen LogP contribution in [0.15, 0.2) is 0 Å². The molecule has 0 saturated heterocycles. The van der Waals surface area contributed by atoms with Gasteiger partial charge in [0.25, 0.3) is 0 Å². The zero-order valence-corrected chi connectivity index (χ0v) is 7.97. The zero-order chi connectivity index (χ0) is 12.1. The summed E-state index contributed by atoms with van der Waals surface area (Å²) in [4.78, 5) is 31.3. The highest BCUT2D eigenvalue weighted by Crippen LogP contribution is 2.13. The van der Waals surface area contributed by atoms with Gasteiger partial charge in [-0.15, -0.1) is 0 Å². The van der Waals surface area contributed by atoms with Crippen molar-refractivity contribution in [2.24, 2.45) is 5.73 Å². The summed E-state index contributed by atoms with van der Waals surface area (Å²) in [6, 6.07) is 0. The lowest BCUT2D eigenvalue weighted by molar-refractivity contribution is -0.157. The molecule has 0 amide bonds. The Labute approximate surface area is 85.5 Å². The first-order valence-electron chi connectivity index (χ1n) is 4.28. The third kappa shape index (κ3) is 3.94. The Bertz CT molecular complexity index is 260. The Morgan fingerprint density at radius 2 is 1.47 bits per heavy atom. The molecule has 5 N–H and O–H groups in total. The highest BCUT2D eigenvalue weighted by molar-refractivity contribution is 6.02. The van der Waals surface area contributed by atoms with Crippen LogP contribution in [0, 0.1) is 0 Å². The second-order valence-corrected chi connectivity index (χ2v) is 3.18. The van der Waals surface area contributed by atoms with Crippen LogP contribution in [0.5, 0.6) is 0 Å². The van der Waals surface area contributed by atoms with E-state index in [0.717, 1.165) is 0 Å². The molecule has 0 saturated carbocycles. The van der Waals surface area contributed by atoms with Crippen LogP contribution in [0.4, 0.5) is 0 Å². The average molecular weight is 219 g/mol. The molecule has 0 radical (unpaired) electrons. The molecular weight excluding hydrogens is 206 g/mol. The maximum Gasteiger partial charge on any atom is 0.335 e. The van der Waals surface area contributed by atoms with E-state index >= 15 is 0 Å². The molecule has 0 aliphatic heterocycles. The van der Waals surface area contributed by atoms with Gasteiger partial charge in [-0.1, -0.05) is 0 Å². The van der Waals surface area contributed by atoms with E-state index in [-0.39, 0.29) is 25.7 Å². The molecule has 0 aliphatic carbocycles. The van der Waals surface area contributed by atoms with E-state index in [1.807, 2.05) is 0 Å². The number of carboxylic acids is 3. The molecule has 0 aliphatic rings. The van der Waals surface area contributed by atoms with Gasteiger partial charge < -0.3 is 21.1 Å². The van der Waals surface area contributed by atoms with Crippen molar-refractivity contribution in [2.75, 3.05) is 0 Å². The third-order valence-corrected chi connectivity index (χ3v) is 1.98. The molecule has 0 aromatic carbocycles. The quantitative estimate of drug-likeness (QED) is 0.334. The number of aliphatic carboxylic acids is 3. The van der Waals surface area contributed by atoms with Crippen molar-refractivity contribution in [3.05, 3.63) is 0 Å². The first-order chi connectivity index (χ1) is 6.80. The maximum absolute atomic E-state index is 10.6. The third-order valence-electron chi connectivity index (χ3n) is 1.98. The number of hydrogen-bond acceptors (Lipinski definition) is 4. The summed E-state index contributed by atoms with van der Waals surface area (Å²) >= 11 is 0. The van der Waals surface area contributed by atoms with E-state index in [1.165, 1.54) is 0 Å².